The molecule has 2 heterocycles. The Morgan fingerprint density at radius 3 is 2.84 bits per heavy atom. The second-order valence-electron chi connectivity index (χ2n) is 7.87. The number of hydrogen-bond acceptors (Lipinski definition) is 4. The molecule has 5 heteroatoms. The number of carbonyl (C=O) groups is 1. The van der Waals surface area contributed by atoms with E-state index in [0.717, 1.165) is 5.76 Å². The number of carbonyl (C=O) groups excluding carboxylic acids is 1. The number of allylic oxidation sites excluding steroid dienone is 1. The fourth-order valence-electron chi connectivity index (χ4n) is 4.44. The van der Waals surface area contributed by atoms with Gasteiger partial charge in [-0.2, -0.15) is 0 Å². The number of furan rings is 1. The molecule has 1 aliphatic heterocycles. The van der Waals surface area contributed by atoms with E-state index < -0.39 is 0 Å². The number of hydrogen-bond donors (Lipinski definition) is 1. The third-order valence-electron chi connectivity index (χ3n) is 5.95. The zero-order valence-corrected chi connectivity index (χ0v) is 15.7. The fourth-order valence-corrected chi connectivity index (χ4v) is 4.44. The van der Waals surface area contributed by atoms with Crippen LogP contribution in [0.5, 0.6) is 0 Å². The maximum atomic E-state index is 12.0. The summed E-state index contributed by atoms with van der Waals surface area (Å²) in [7, 11) is 0. The van der Waals surface area contributed by atoms with Gasteiger partial charge in [0, 0.05) is 17.4 Å². The molecule has 0 radical (unpaired) electrons. The topological polar surface area (TPSA) is 60.7 Å². The van der Waals surface area contributed by atoms with E-state index >= 15 is 0 Å². The fraction of sp³-hybridized carbons (Fsp3) is 0.650. The molecule has 1 N–H and O–H groups in total. The Morgan fingerprint density at radius 1 is 1.44 bits per heavy atom. The molecule has 3 rings (SSSR count). The quantitative estimate of drug-likeness (QED) is 0.824. The van der Waals surface area contributed by atoms with E-state index in [-0.39, 0.29) is 35.5 Å². The van der Waals surface area contributed by atoms with E-state index in [4.69, 9.17) is 13.9 Å². The number of rotatable bonds is 4. The first kappa shape index (κ1) is 18.1. The summed E-state index contributed by atoms with van der Waals surface area (Å²) in [5.74, 6) is 1.70. The predicted molar refractivity (Wildman–Crippen MR) is 95.0 cm³/mol. The number of alkyl carbamates (subject to hydrolysis) is 1. The van der Waals surface area contributed by atoms with Crippen molar-refractivity contribution >= 4 is 6.09 Å². The van der Waals surface area contributed by atoms with Gasteiger partial charge in [0.05, 0.1) is 12.9 Å². The monoisotopic (exact) mass is 347 g/mol. The first-order chi connectivity index (χ1) is 11.8. The van der Waals surface area contributed by atoms with Crippen LogP contribution in [-0.4, -0.2) is 25.3 Å². The molecular weight excluding hydrogens is 318 g/mol. The molecule has 0 spiro atoms. The largest absolute Gasteiger partial charge is 0.467 e. The summed E-state index contributed by atoms with van der Waals surface area (Å²) in [5, 5.41) is 2.79. The first-order valence-corrected chi connectivity index (χ1v) is 9.12. The maximum absolute atomic E-state index is 12.0. The molecule has 0 unspecified atom stereocenters. The number of nitrogens with one attached hydrogen (secondary N) is 1. The highest BCUT2D eigenvalue weighted by Gasteiger charge is 2.55. The number of ether oxygens (including phenoxy) is 2. The lowest BCUT2D eigenvalue weighted by molar-refractivity contribution is -0.170. The molecule has 2 bridgehead atoms. The van der Waals surface area contributed by atoms with E-state index in [0.29, 0.717) is 19.1 Å². The van der Waals surface area contributed by atoms with Gasteiger partial charge in [0.2, 0.25) is 0 Å². The summed E-state index contributed by atoms with van der Waals surface area (Å²) in [4.78, 5) is 12.0. The summed E-state index contributed by atoms with van der Waals surface area (Å²) >= 11 is 0. The Morgan fingerprint density at radius 2 is 2.20 bits per heavy atom. The van der Waals surface area contributed by atoms with Crippen LogP contribution in [0.4, 0.5) is 4.79 Å². The Balaban J connectivity index is 1.82. The minimum atomic E-state index is -0.361. The van der Waals surface area contributed by atoms with Gasteiger partial charge in [-0.15, -0.1) is 0 Å². The molecule has 138 valence electrons. The van der Waals surface area contributed by atoms with Crippen molar-refractivity contribution in [3.8, 4) is 0 Å². The third kappa shape index (κ3) is 3.22. The minimum Gasteiger partial charge on any atom is -0.467 e. The smallest absolute Gasteiger partial charge is 0.407 e. The van der Waals surface area contributed by atoms with Gasteiger partial charge in [0.1, 0.15) is 18.5 Å². The van der Waals surface area contributed by atoms with Gasteiger partial charge in [0.25, 0.3) is 0 Å². The lowest BCUT2D eigenvalue weighted by Crippen LogP contribution is -2.54. The molecule has 1 saturated heterocycles. The van der Waals surface area contributed by atoms with Crippen LogP contribution in [0.3, 0.4) is 0 Å². The van der Waals surface area contributed by atoms with Gasteiger partial charge in [-0.1, -0.05) is 25.5 Å². The molecule has 25 heavy (non-hydrogen) atoms. The van der Waals surface area contributed by atoms with Crippen molar-refractivity contribution in [3.63, 3.8) is 0 Å². The normalized spacial score (nSPS) is 34.6. The molecule has 1 fully saturated rings. The van der Waals surface area contributed by atoms with Crippen LogP contribution in [0.15, 0.2) is 34.5 Å². The van der Waals surface area contributed by atoms with E-state index in [1.807, 2.05) is 26.0 Å². The molecule has 5 atom stereocenters. The zero-order valence-electron chi connectivity index (χ0n) is 15.7. The molecule has 2 aliphatic rings. The Labute approximate surface area is 149 Å². The summed E-state index contributed by atoms with van der Waals surface area (Å²) in [6, 6.07) is 3.93. The van der Waals surface area contributed by atoms with Gasteiger partial charge >= 0.3 is 6.09 Å². The average Bonchev–Trinajstić information content (AvgIpc) is 3.05. The highest BCUT2D eigenvalue weighted by molar-refractivity contribution is 5.67. The van der Waals surface area contributed by atoms with E-state index in [1.54, 1.807) is 6.26 Å². The molecular formula is C20H29NO4. The summed E-state index contributed by atoms with van der Waals surface area (Å²) in [6.07, 6.45) is 3.56. The van der Waals surface area contributed by atoms with Gasteiger partial charge < -0.3 is 19.2 Å². The van der Waals surface area contributed by atoms with Crippen molar-refractivity contribution < 1.29 is 18.7 Å². The van der Waals surface area contributed by atoms with Crippen LogP contribution < -0.4 is 5.32 Å². The van der Waals surface area contributed by atoms with Crippen LogP contribution in [0.25, 0.3) is 0 Å². The van der Waals surface area contributed by atoms with Crippen molar-refractivity contribution in [1.82, 2.24) is 5.32 Å². The summed E-state index contributed by atoms with van der Waals surface area (Å²) < 4.78 is 17.5. The highest BCUT2D eigenvalue weighted by Crippen LogP contribution is 2.56. The van der Waals surface area contributed by atoms with Crippen LogP contribution in [0, 0.1) is 23.2 Å². The van der Waals surface area contributed by atoms with Gasteiger partial charge in [0.15, 0.2) is 0 Å². The molecule has 0 aromatic carbocycles. The third-order valence-corrected chi connectivity index (χ3v) is 5.95. The van der Waals surface area contributed by atoms with Gasteiger partial charge in [-0.25, -0.2) is 4.79 Å². The SMILES string of the molecule is CC1=C[C@H](C)[C@@]2(COC(=O)NC(C)C)CO[C@@H](c3ccco3)[C@H]1[C@H]2C. The second kappa shape index (κ2) is 6.87. The number of fused-ring (bicyclic) bond motifs is 2. The van der Waals surface area contributed by atoms with Crippen LogP contribution in [-0.2, 0) is 9.47 Å². The Bertz CT molecular complexity index is 636. The van der Waals surface area contributed by atoms with E-state index in [1.165, 1.54) is 5.57 Å². The molecule has 1 aromatic rings. The first-order valence-electron chi connectivity index (χ1n) is 9.12. The Hall–Kier alpha value is -1.75. The van der Waals surface area contributed by atoms with Crippen LogP contribution in [0.2, 0.25) is 0 Å². The molecule has 1 amide bonds. The Kier molecular flexibility index (Phi) is 4.96. The summed E-state index contributed by atoms with van der Waals surface area (Å²) in [5.41, 5.74) is 1.12. The lowest BCUT2D eigenvalue weighted by Gasteiger charge is -2.54. The standard InChI is InChI=1S/C20H29NO4/c1-12(2)21-19(22)25-11-20-10-24-18(16-7-6-8-23-16)17(15(20)5)13(3)9-14(20)4/h6-9,12,14-15,17-18H,10-11H2,1-5H3,(H,21,22)/t14-,15+,17+,18-,20-/m0/s1. The van der Waals surface area contributed by atoms with Crippen molar-refractivity contribution in [2.75, 3.05) is 13.2 Å². The summed E-state index contributed by atoms with van der Waals surface area (Å²) in [6.45, 7) is 11.4. The van der Waals surface area contributed by atoms with Crippen molar-refractivity contribution in [2.24, 2.45) is 23.2 Å². The number of amides is 1. The molecule has 1 aliphatic carbocycles. The van der Waals surface area contributed by atoms with Gasteiger partial charge in [-0.05, 0) is 44.7 Å². The van der Waals surface area contributed by atoms with Crippen molar-refractivity contribution in [2.45, 2.75) is 46.8 Å². The minimum absolute atomic E-state index is 0.0621. The van der Waals surface area contributed by atoms with Crippen LogP contribution >= 0.6 is 0 Å². The maximum Gasteiger partial charge on any atom is 0.407 e. The zero-order chi connectivity index (χ0) is 18.2. The van der Waals surface area contributed by atoms with E-state index in [2.05, 4.69) is 32.2 Å². The molecule has 0 saturated carbocycles. The van der Waals surface area contributed by atoms with Gasteiger partial charge in [-0.3, -0.25) is 0 Å². The molecule has 5 nitrogen and oxygen atoms in total. The second-order valence-corrected chi connectivity index (χ2v) is 7.87. The lowest BCUT2D eigenvalue weighted by atomic mass is 9.56. The van der Waals surface area contributed by atoms with Crippen molar-refractivity contribution in [3.05, 3.63) is 35.8 Å². The highest BCUT2D eigenvalue weighted by atomic mass is 16.6. The molecule has 1 aromatic heterocycles. The van der Waals surface area contributed by atoms with E-state index in [9.17, 15) is 4.79 Å². The van der Waals surface area contributed by atoms with Crippen LogP contribution in [0.1, 0.15) is 46.5 Å². The van der Waals surface area contributed by atoms with Crippen molar-refractivity contribution in [1.29, 1.82) is 0 Å². The average molecular weight is 347 g/mol. The predicted octanol–water partition coefficient (Wildman–Crippen LogP) is 4.32.